The fraction of sp³-hybridized carbons (Fsp3) is 0.167. The Hall–Kier alpha value is -2.31. The minimum absolute atomic E-state index is 0.134. The number of fused-ring (bicyclic) bond motifs is 1. The van der Waals surface area contributed by atoms with Crippen molar-refractivity contribution in [2.24, 2.45) is 5.73 Å². The summed E-state index contributed by atoms with van der Waals surface area (Å²) in [6.45, 7) is 0. The third-order valence-corrected chi connectivity index (χ3v) is 2.65. The lowest BCUT2D eigenvalue weighted by atomic mass is 10.1. The molecule has 0 fully saturated rings. The van der Waals surface area contributed by atoms with E-state index in [1.165, 1.54) is 19.2 Å². The van der Waals surface area contributed by atoms with Gasteiger partial charge >= 0.3 is 6.18 Å². The SMILES string of the molecule is CNc1nc2cc(C(F)(F)F)ccc2cc1C(N)=O. The number of hydrogen-bond acceptors (Lipinski definition) is 3. The van der Waals surface area contributed by atoms with Crippen molar-refractivity contribution in [3.63, 3.8) is 0 Å². The van der Waals surface area contributed by atoms with Crippen molar-refractivity contribution in [2.75, 3.05) is 12.4 Å². The molecular formula is C12H10F3N3O. The number of nitrogens with zero attached hydrogens (tertiary/aromatic N) is 1. The Balaban J connectivity index is 2.68. The lowest BCUT2D eigenvalue weighted by Gasteiger charge is -2.10. The Kier molecular flexibility index (Phi) is 3.05. The second-order valence-electron chi connectivity index (χ2n) is 3.90. The molecule has 0 saturated carbocycles. The minimum Gasteiger partial charge on any atom is -0.372 e. The number of pyridine rings is 1. The van der Waals surface area contributed by atoms with Crippen LogP contribution in [0.15, 0.2) is 24.3 Å². The van der Waals surface area contributed by atoms with E-state index in [0.29, 0.717) is 5.39 Å². The van der Waals surface area contributed by atoms with E-state index >= 15 is 0 Å². The predicted octanol–water partition coefficient (Wildman–Crippen LogP) is 2.39. The summed E-state index contributed by atoms with van der Waals surface area (Å²) in [6.07, 6.45) is -4.43. The number of rotatable bonds is 2. The van der Waals surface area contributed by atoms with Crippen molar-refractivity contribution >= 4 is 22.6 Å². The highest BCUT2D eigenvalue weighted by Crippen LogP contribution is 2.31. The molecule has 0 unspecified atom stereocenters. The maximum absolute atomic E-state index is 12.6. The second-order valence-corrected chi connectivity index (χ2v) is 3.90. The van der Waals surface area contributed by atoms with Gasteiger partial charge in [0.15, 0.2) is 0 Å². The molecule has 1 aromatic heterocycles. The molecule has 2 aromatic rings. The molecule has 0 bridgehead atoms. The Morgan fingerprint density at radius 2 is 2.00 bits per heavy atom. The van der Waals surface area contributed by atoms with Gasteiger partial charge in [-0.05, 0) is 18.2 Å². The summed E-state index contributed by atoms with van der Waals surface area (Å²) in [6, 6.07) is 4.54. The zero-order valence-corrected chi connectivity index (χ0v) is 9.88. The number of carbonyl (C=O) groups excluding carboxylic acids is 1. The Morgan fingerprint density at radius 1 is 1.32 bits per heavy atom. The highest BCUT2D eigenvalue weighted by molar-refractivity contribution is 6.01. The summed E-state index contributed by atoms with van der Waals surface area (Å²) in [5, 5.41) is 3.05. The topological polar surface area (TPSA) is 68.0 Å². The number of halogens is 3. The van der Waals surface area contributed by atoms with Gasteiger partial charge in [-0.15, -0.1) is 0 Å². The molecule has 4 nitrogen and oxygen atoms in total. The number of anilines is 1. The van der Waals surface area contributed by atoms with Gasteiger partial charge in [-0.2, -0.15) is 13.2 Å². The first kappa shape index (κ1) is 13.1. The van der Waals surface area contributed by atoms with Crippen molar-refractivity contribution in [1.82, 2.24) is 4.98 Å². The molecule has 2 rings (SSSR count). The maximum atomic E-state index is 12.6. The standard InChI is InChI=1S/C12H10F3N3O/c1-17-11-8(10(16)19)4-6-2-3-7(12(13,14)15)5-9(6)18-11/h2-5H,1H3,(H2,16,19)(H,17,18). The van der Waals surface area contributed by atoms with Crippen LogP contribution in [0.3, 0.4) is 0 Å². The number of benzene rings is 1. The summed E-state index contributed by atoms with van der Waals surface area (Å²) < 4.78 is 37.8. The van der Waals surface area contributed by atoms with Crippen molar-refractivity contribution < 1.29 is 18.0 Å². The van der Waals surface area contributed by atoms with Gasteiger partial charge in [0.25, 0.3) is 5.91 Å². The van der Waals surface area contributed by atoms with Crippen LogP contribution >= 0.6 is 0 Å². The first-order valence-electron chi connectivity index (χ1n) is 5.32. The smallest absolute Gasteiger partial charge is 0.372 e. The average molecular weight is 269 g/mol. The number of nitrogens with one attached hydrogen (secondary N) is 1. The third kappa shape index (κ3) is 2.44. The van der Waals surface area contributed by atoms with Gasteiger partial charge in [0, 0.05) is 12.4 Å². The van der Waals surface area contributed by atoms with E-state index < -0.39 is 17.6 Å². The molecule has 7 heteroatoms. The van der Waals surface area contributed by atoms with E-state index in [2.05, 4.69) is 10.3 Å². The number of aromatic nitrogens is 1. The van der Waals surface area contributed by atoms with Gasteiger partial charge in [-0.1, -0.05) is 6.07 Å². The number of nitrogens with two attached hydrogens (primary N) is 1. The van der Waals surface area contributed by atoms with Crippen LogP contribution in [-0.2, 0) is 6.18 Å². The van der Waals surface area contributed by atoms with Gasteiger partial charge in [-0.25, -0.2) is 4.98 Å². The lowest BCUT2D eigenvalue weighted by Crippen LogP contribution is -2.14. The van der Waals surface area contributed by atoms with E-state index in [4.69, 9.17) is 5.73 Å². The molecule has 100 valence electrons. The van der Waals surface area contributed by atoms with Crippen molar-refractivity contribution in [2.45, 2.75) is 6.18 Å². The van der Waals surface area contributed by atoms with Crippen molar-refractivity contribution in [1.29, 1.82) is 0 Å². The first-order valence-corrected chi connectivity index (χ1v) is 5.32. The number of hydrogen-bond donors (Lipinski definition) is 2. The van der Waals surface area contributed by atoms with Crippen molar-refractivity contribution in [3.8, 4) is 0 Å². The molecule has 1 aromatic carbocycles. The van der Waals surface area contributed by atoms with Crippen LogP contribution in [0.1, 0.15) is 15.9 Å². The fourth-order valence-corrected chi connectivity index (χ4v) is 1.72. The maximum Gasteiger partial charge on any atom is 0.416 e. The summed E-state index contributed by atoms with van der Waals surface area (Å²) in [4.78, 5) is 15.2. The van der Waals surface area contributed by atoms with Gasteiger partial charge in [0.05, 0.1) is 16.6 Å². The molecule has 0 spiro atoms. The third-order valence-electron chi connectivity index (χ3n) is 2.65. The number of primary amides is 1. The van der Waals surface area contributed by atoms with Crippen LogP contribution in [0.25, 0.3) is 10.9 Å². The molecule has 0 saturated heterocycles. The van der Waals surface area contributed by atoms with E-state index in [1.807, 2.05) is 0 Å². The van der Waals surface area contributed by atoms with E-state index in [9.17, 15) is 18.0 Å². The molecule has 3 N–H and O–H groups in total. The second kappa shape index (κ2) is 4.42. The predicted molar refractivity (Wildman–Crippen MR) is 64.8 cm³/mol. The fourth-order valence-electron chi connectivity index (χ4n) is 1.72. The van der Waals surface area contributed by atoms with Crippen LogP contribution < -0.4 is 11.1 Å². The average Bonchev–Trinajstić information content (AvgIpc) is 2.35. The molecule has 0 radical (unpaired) electrons. The largest absolute Gasteiger partial charge is 0.416 e. The number of alkyl halides is 3. The van der Waals surface area contributed by atoms with E-state index in [0.717, 1.165) is 12.1 Å². The molecule has 0 aliphatic carbocycles. The quantitative estimate of drug-likeness (QED) is 0.879. The van der Waals surface area contributed by atoms with Crippen molar-refractivity contribution in [3.05, 3.63) is 35.4 Å². The van der Waals surface area contributed by atoms with Crippen LogP contribution in [0.4, 0.5) is 19.0 Å². The molecule has 0 aliphatic rings. The first-order chi connectivity index (χ1) is 8.82. The van der Waals surface area contributed by atoms with Gasteiger partial charge in [-0.3, -0.25) is 4.79 Å². The Labute approximate surface area is 106 Å². The normalized spacial score (nSPS) is 11.6. The summed E-state index contributed by atoms with van der Waals surface area (Å²) in [7, 11) is 1.51. The highest BCUT2D eigenvalue weighted by Gasteiger charge is 2.30. The van der Waals surface area contributed by atoms with Crippen LogP contribution in [0, 0.1) is 0 Å². The highest BCUT2D eigenvalue weighted by atomic mass is 19.4. The Bertz CT molecular complexity index is 652. The summed E-state index contributed by atoms with van der Waals surface area (Å²) in [5.74, 6) is -0.544. The van der Waals surface area contributed by atoms with E-state index in [-0.39, 0.29) is 16.9 Å². The zero-order valence-electron chi connectivity index (χ0n) is 9.88. The minimum atomic E-state index is -4.43. The van der Waals surface area contributed by atoms with Crippen LogP contribution in [0.2, 0.25) is 0 Å². The number of amides is 1. The van der Waals surface area contributed by atoms with Gasteiger partial charge in [0.1, 0.15) is 5.82 Å². The summed E-state index contributed by atoms with van der Waals surface area (Å²) >= 11 is 0. The zero-order chi connectivity index (χ0) is 14.2. The molecule has 1 amide bonds. The molecule has 19 heavy (non-hydrogen) atoms. The lowest BCUT2D eigenvalue weighted by molar-refractivity contribution is -0.137. The molecular weight excluding hydrogens is 259 g/mol. The van der Waals surface area contributed by atoms with Gasteiger partial charge in [0.2, 0.25) is 0 Å². The summed E-state index contributed by atoms with van der Waals surface area (Å²) in [5.41, 5.74) is 4.67. The molecule has 0 atom stereocenters. The number of carbonyl (C=O) groups is 1. The van der Waals surface area contributed by atoms with E-state index in [1.54, 1.807) is 0 Å². The van der Waals surface area contributed by atoms with Gasteiger partial charge < -0.3 is 11.1 Å². The monoisotopic (exact) mass is 269 g/mol. The van der Waals surface area contributed by atoms with Crippen LogP contribution in [0.5, 0.6) is 0 Å². The Morgan fingerprint density at radius 3 is 2.53 bits per heavy atom. The molecule has 1 heterocycles. The molecule has 0 aliphatic heterocycles. The van der Waals surface area contributed by atoms with Crippen LogP contribution in [-0.4, -0.2) is 17.9 Å².